The van der Waals surface area contributed by atoms with Crippen molar-refractivity contribution in [1.29, 1.82) is 0 Å². The van der Waals surface area contributed by atoms with Crippen LogP contribution in [-0.4, -0.2) is 80.5 Å². The van der Waals surface area contributed by atoms with Crippen LogP contribution in [0, 0.1) is 0 Å². The number of amides is 4. The Morgan fingerprint density at radius 3 is 2.50 bits per heavy atom. The monoisotopic (exact) mass is 337 g/mol. The summed E-state index contributed by atoms with van der Waals surface area (Å²) < 4.78 is 5.03. The molecule has 9 heteroatoms. The van der Waals surface area contributed by atoms with Gasteiger partial charge in [0.2, 0.25) is 5.91 Å². The van der Waals surface area contributed by atoms with E-state index < -0.39 is 6.03 Å². The summed E-state index contributed by atoms with van der Waals surface area (Å²) in [6, 6.07) is 2.80. The Kier molecular flexibility index (Phi) is 6.76. The van der Waals surface area contributed by atoms with Crippen LogP contribution in [-0.2, 0) is 4.79 Å². The lowest BCUT2D eigenvalue weighted by atomic mass is 10.3. The molecule has 2 rings (SSSR count). The summed E-state index contributed by atoms with van der Waals surface area (Å²) in [6.07, 6.45) is 1.47. The van der Waals surface area contributed by atoms with E-state index >= 15 is 0 Å². The number of imide groups is 1. The van der Waals surface area contributed by atoms with Gasteiger partial charge >= 0.3 is 6.03 Å². The Morgan fingerprint density at radius 2 is 1.88 bits per heavy atom. The molecule has 0 radical (unpaired) electrons. The van der Waals surface area contributed by atoms with Crippen LogP contribution in [0.5, 0.6) is 0 Å². The Morgan fingerprint density at radius 1 is 1.17 bits per heavy atom. The molecule has 1 aliphatic heterocycles. The second-order valence-electron chi connectivity index (χ2n) is 5.48. The van der Waals surface area contributed by atoms with Gasteiger partial charge in [0.1, 0.15) is 0 Å². The molecule has 1 fully saturated rings. The van der Waals surface area contributed by atoms with Crippen LogP contribution in [0.1, 0.15) is 10.6 Å². The van der Waals surface area contributed by atoms with Gasteiger partial charge in [0.25, 0.3) is 5.91 Å². The quantitative estimate of drug-likeness (QED) is 0.620. The fourth-order valence-electron chi connectivity index (χ4n) is 2.43. The van der Waals surface area contributed by atoms with Gasteiger partial charge in [0.05, 0.1) is 12.8 Å². The highest BCUT2D eigenvalue weighted by Crippen LogP contribution is 2.01. The topological polar surface area (TPSA) is 107 Å². The minimum absolute atomic E-state index is 0.205. The zero-order valence-corrected chi connectivity index (χ0v) is 13.7. The molecule has 0 aliphatic carbocycles. The van der Waals surface area contributed by atoms with Gasteiger partial charge in [-0.2, -0.15) is 0 Å². The van der Waals surface area contributed by atoms with Gasteiger partial charge < -0.3 is 15.1 Å². The summed E-state index contributed by atoms with van der Waals surface area (Å²) in [4.78, 5) is 38.6. The third-order valence-electron chi connectivity index (χ3n) is 3.77. The second kappa shape index (κ2) is 9.04. The van der Waals surface area contributed by atoms with E-state index in [2.05, 4.69) is 20.9 Å². The molecule has 1 aliphatic rings. The zero-order chi connectivity index (χ0) is 17.4. The number of hydrogen-bond donors (Lipinski definition) is 3. The first kappa shape index (κ1) is 18.0. The highest BCUT2D eigenvalue weighted by molar-refractivity contribution is 5.95. The standard InChI is InChI=1S/C15H23N5O4/c1-16-15(23)18-13(21)11-20-8-6-19(7-9-20)5-4-17-14(22)12-3-2-10-24-12/h2-3,10H,4-9,11H2,1H3,(H,17,22)(H2,16,18,21,23). The van der Waals surface area contributed by atoms with Crippen LogP contribution in [0.25, 0.3) is 0 Å². The maximum Gasteiger partial charge on any atom is 0.321 e. The zero-order valence-electron chi connectivity index (χ0n) is 13.7. The second-order valence-corrected chi connectivity index (χ2v) is 5.48. The summed E-state index contributed by atoms with van der Waals surface area (Å²) >= 11 is 0. The SMILES string of the molecule is CNC(=O)NC(=O)CN1CCN(CCNC(=O)c2ccco2)CC1. The largest absolute Gasteiger partial charge is 0.459 e. The van der Waals surface area contributed by atoms with E-state index in [1.807, 2.05) is 4.90 Å². The molecular formula is C15H23N5O4. The number of furan rings is 1. The molecule has 0 spiro atoms. The van der Waals surface area contributed by atoms with Crippen molar-refractivity contribution in [3.8, 4) is 0 Å². The first-order chi connectivity index (χ1) is 11.6. The number of rotatable bonds is 6. The molecule has 0 bridgehead atoms. The Labute approximate surface area is 140 Å². The van der Waals surface area contributed by atoms with E-state index in [1.165, 1.54) is 13.3 Å². The highest BCUT2D eigenvalue weighted by Gasteiger charge is 2.19. The van der Waals surface area contributed by atoms with Crippen molar-refractivity contribution in [2.45, 2.75) is 0 Å². The molecule has 2 heterocycles. The van der Waals surface area contributed by atoms with Gasteiger partial charge in [0, 0.05) is 46.3 Å². The molecule has 24 heavy (non-hydrogen) atoms. The fraction of sp³-hybridized carbons (Fsp3) is 0.533. The summed E-state index contributed by atoms with van der Waals surface area (Å²) in [6.45, 7) is 4.59. The predicted molar refractivity (Wildman–Crippen MR) is 86.5 cm³/mol. The van der Waals surface area contributed by atoms with Crippen molar-refractivity contribution in [3.63, 3.8) is 0 Å². The highest BCUT2D eigenvalue weighted by atomic mass is 16.3. The minimum atomic E-state index is -0.495. The third kappa shape index (κ3) is 5.67. The van der Waals surface area contributed by atoms with Crippen LogP contribution < -0.4 is 16.0 Å². The number of nitrogens with one attached hydrogen (secondary N) is 3. The van der Waals surface area contributed by atoms with Crippen molar-refractivity contribution in [3.05, 3.63) is 24.2 Å². The van der Waals surface area contributed by atoms with Crippen LogP contribution >= 0.6 is 0 Å². The Bertz CT molecular complexity index is 552. The molecule has 1 saturated heterocycles. The maximum absolute atomic E-state index is 11.7. The van der Waals surface area contributed by atoms with E-state index in [1.54, 1.807) is 12.1 Å². The normalized spacial score (nSPS) is 15.7. The molecule has 0 aromatic carbocycles. The van der Waals surface area contributed by atoms with E-state index in [-0.39, 0.29) is 18.4 Å². The molecule has 1 aromatic heterocycles. The molecule has 0 unspecified atom stereocenters. The summed E-state index contributed by atoms with van der Waals surface area (Å²) in [7, 11) is 1.46. The average Bonchev–Trinajstić information content (AvgIpc) is 3.10. The average molecular weight is 337 g/mol. The van der Waals surface area contributed by atoms with Gasteiger partial charge in [-0.3, -0.25) is 24.7 Å². The summed E-state index contributed by atoms with van der Waals surface area (Å²) in [5.41, 5.74) is 0. The number of carbonyl (C=O) groups excluding carboxylic acids is 3. The van der Waals surface area contributed by atoms with Gasteiger partial charge in [-0.1, -0.05) is 0 Å². The minimum Gasteiger partial charge on any atom is -0.459 e. The van der Waals surface area contributed by atoms with E-state index in [4.69, 9.17) is 4.42 Å². The summed E-state index contributed by atoms with van der Waals surface area (Å²) in [5, 5.41) is 7.40. The molecule has 0 saturated carbocycles. The van der Waals surface area contributed by atoms with Gasteiger partial charge in [-0.05, 0) is 12.1 Å². The third-order valence-corrected chi connectivity index (χ3v) is 3.77. The number of nitrogens with zero attached hydrogens (tertiary/aromatic N) is 2. The molecule has 4 amide bonds. The van der Waals surface area contributed by atoms with E-state index in [0.29, 0.717) is 12.3 Å². The Hall–Kier alpha value is -2.39. The van der Waals surface area contributed by atoms with Gasteiger partial charge in [-0.15, -0.1) is 0 Å². The van der Waals surface area contributed by atoms with Gasteiger partial charge in [0.15, 0.2) is 5.76 Å². The Balaban J connectivity index is 1.60. The molecule has 3 N–H and O–H groups in total. The molecule has 9 nitrogen and oxygen atoms in total. The lowest BCUT2D eigenvalue weighted by molar-refractivity contribution is -0.121. The van der Waals surface area contributed by atoms with Crippen LogP contribution in [0.3, 0.4) is 0 Å². The fourth-order valence-corrected chi connectivity index (χ4v) is 2.43. The van der Waals surface area contributed by atoms with E-state index in [0.717, 1.165) is 32.7 Å². The number of carbonyl (C=O) groups is 3. The predicted octanol–water partition coefficient (Wildman–Crippen LogP) is -0.917. The molecule has 0 atom stereocenters. The molecule has 132 valence electrons. The number of hydrogen-bond acceptors (Lipinski definition) is 6. The van der Waals surface area contributed by atoms with Crippen molar-refractivity contribution in [1.82, 2.24) is 25.8 Å². The number of urea groups is 1. The van der Waals surface area contributed by atoms with Gasteiger partial charge in [-0.25, -0.2) is 4.79 Å². The van der Waals surface area contributed by atoms with Crippen LogP contribution in [0.15, 0.2) is 22.8 Å². The molecular weight excluding hydrogens is 314 g/mol. The number of piperazine rings is 1. The summed E-state index contributed by atoms with van der Waals surface area (Å²) in [5.74, 6) is -0.222. The lowest BCUT2D eigenvalue weighted by Gasteiger charge is -2.34. The van der Waals surface area contributed by atoms with Crippen LogP contribution in [0.2, 0.25) is 0 Å². The first-order valence-corrected chi connectivity index (χ1v) is 7.86. The van der Waals surface area contributed by atoms with Crippen molar-refractivity contribution in [2.75, 3.05) is 52.9 Å². The lowest BCUT2D eigenvalue weighted by Crippen LogP contribution is -2.51. The van der Waals surface area contributed by atoms with Crippen LogP contribution in [0.4, 0.5) is 4.79 Å². The first-order valence-electron chi connectivity index (χ1n) is 7.86. The smallest absolute Gasteiger partial charge is 0.321 e. The van der Waals surface area contributed by atoms with E-state index in [9.17, 15) is 14.4 Å². The molecule has 1 aromatic rings. The van der Waals surface area contributed by atoms with Crippen molar-refractivity contribution >= 4 is 17.8 Å². The van der Waals surface area contributed by atoms with Crippen molar-refractivity contribution < 1.29 is 18.8 Å². The van der Waals surface area contributed by atoms with Crippen molar-refractivity contribution in [2.24, 2.45) is 0 Å². The maximum atomic E-state index is 11.7.